The Balaban J connectivity index is 1.47. The zero-order chi connectivity index (χ0) is 22.6. The maximum atomic E-state index is 13.3. The van der Waals surface area contributed by atoms with Gasteiger partial charge in [-0.25, -0.2) is 8.42 Å². The van der Waals surface area contributed by atoms with Crippen molar-refractivity contribution in [3.05, 3.63) is 90.0 Å². The molecule has 0 aliphatic carbocycles. The summed E-state index contributed by atoms with van der Waals surface area (Å²) in [6.45, 7) is 2.33. The third kappa shape index (κ3) is 5.15. The van der Waals surface area contributed by atoms with Crippen molar-refractivity contribution in [3.8, 4) is 5.75 Å². The van der Waals surface area contributed by atoms with Crippen LogP contribution in [0.3, 0.4) is 0 Å². The van der Waals surface area contributed by atoms with Crippen LogP contribution in [0.5, 0.6) is 5.75 Å². The van der Waals surface area contributed by atoms with E-state index in [1.807, 2.05) is 54.6 Å². The van der Waals surface area contributed by atoms with Gasteiger partial charge in [-0.2, -0.15) is 4.31 Å². The number of thioether (sulfide) groups is 1. The lowest BCUT2D eigenvalue weighted by Gasteiger charge is -2.24. The van der Waals surface area contributed by atoms with Crippen LogP contribution < -0.4 is 10.1 Å². The molecule has 32 heavy (non-hydrogen) atoms. The van der Waals surface area contributed by atoms with Crippen molar-refractivity contribution in [1.82, 2.24) is 4.31 Å². The first-order valence-electron chi connectivity index (χ1n) is 10.2. The highest BCUT2D eigenvalue weighted by molar-refractivity contribution is 8.01. The number of hydrogen-bond acceptors (Lipinski definition) is 5. The van der Waals surface area contributed by atoms with Crippen molar-refractivity contribution < 1.29 is 17.9 Å². The van der Waals surface area contributed by atoms with Crippen molar-refractivity contribution in [1.29, 1.82) is 0 Å². The summed E-state index contributed by atoms with van der Waals surface area (Å²) in [6.07, 6.45) is 0. The lowest BCUT2D eigenvalue weighted by Crippen LogP contribution is -2.30. The minimum absolute atomic E-state index is 0.201. The van der Waals surface area contributed by atoms with Crippen molar-refractivity contribution in [3.63, 3.8) is 0 Å². The molecule has 6 nitrogen and oxygen atoms in total. The fourth-order valence-corrected chi connectivity index (χ4v) is 6.72. The second-order valence-electron chi connectivity index (χ2n) is 7.39. The molecular weight excluding hydrogens is 444 g/mol. The van der Waals surface area contributed by atoms with Crippen LogP contribution in [0.1, 0.15) is 23.4 Å². The van der Waals surface area contributed by atoms with Gasteiger partial charge in [0, 0.05) is 24.9 Å². The van der Waals surface area contributed by atoms with E-state index in [2.05, 4.69) is 5.32 Å². The van der Waals surface area contributed by atoms with E-state index in [1.165, 1.54) is 23.4 Å². The van der Waals surface area contributed by atoms with E-state index in [9.17, 15) is 13.2 Å². The summed E-state index contributed by atoms with van der Waals surface area (Å²) in [5, 5.41) is 2.36. The molecule has 3 aromatic carbocycles. The van der Waals surface area contributed by atoms with Gasteiger partial charge in [0.15, 0.2) is 0 Å². The molecule has 0 unspecified atom stereocenters. The van der Waals surface area contributed by atoms with E-state index >= 15 is 0 Å². The van der Waals surface area contributed by atoms with Crippen LogP contribution in [0.25, 0.3) is 0 Å². The summed E-state index contributed by atoms with van der Waals surface area (Å²) < 4.78 is 33.9. The number of benzene rings is 3. The van der Waals surface area contributed by atoms with Crippen molar-refractivity contribution >= 4 is 33.4 Å². The van der Waals surface area contributed by atoms with Crippen molar-refractivity contribution in [2.24, 2.45) is 0 Å². The Morgan fingerprint density at radius 3 is 2.38 bits per heavy atom. The van der Waals surface area contributed by atoms with Gasteiger partial charge >= 0.3 is 0 Å². The van der Waals surface area contributed by atoms with E-state index in [1.54, 1.807) is 23.9 Å². The zero-order valence-electron chi connectivity index (χ0n) is 17.6. The highest BCUT2D eigenvalue weighted by Crippen LogP contribution is 2.41. The molecule has 0 aromatic heterocycles. The number of carbonyl (C=O) groups excluding carboxylic acids is 1. The number of nitrogens with one attached hydrogen (secondary N) is 1. The summed E-state index contributed by atoms with van der Waals surface area (Å²) in [7, 11) is -3.67. The van der Waals surface area contributed by atoms with Crippen molar-refractivity contribution in [2.45, 2.75) is 23.8 Å². The van der Waals surface area contributed by atoms with E-state index in [0.29, 0.717) is 18.8 Å². The molecule has 1 amide bonds. The Morgan fingerprint density at radius 2 is 1.72 bits per heavy atom. The van der Waals surface area contributed by atoms with Crippen LogP contribution in [-0.2, 0) is 21.4 Å². The lowest BCUT2D eigenvalue weighted by atomic mass is 10.2. The maximum absolute atomic E-state index is 13.3. The number of rotatable bonds is 7. The minimum Gasteiger partial charge on any atom is -0.489 e. The van der Waals surface area contributed by atoms with Crippen LogP contribution in [-0.4, -0.2) is 30.9 Å². The van der Waals surface area contributed by atoms with Crippen LogP contribution in [0.4, 0.5) is 5.69 Å². The first kappa shape index (κ1) is 22.4. The number of amides is 1. The van der Waals surface area contributed by atoms with Gasteiger partial charge in [0.2, 0.25) is 15.9 Å². The molecule has 166 valence electrons. The van der Waals surface area contributed by atoms with Gasteiger partial charge in [0.1, 0.15) is 12.4 Å². The van der Waals surface area contributed by atoms with E-state index < -0.39 is 10.0 Å². The Kier molecular flexibility index (Phi) is 6.83. The zero-order valence-corrected chi connectivity index (χ0v) is 19.2. The summed E-state index contributed by atoms with van der Waals surface area (Å²) in [5.74, 6) is 1.26. The molecule has 0 radical (unpaired) electrons. The third-order valence-corrected chi connectivity index (χ3v) is 8.32. The van der Waals surface area contributed by atoms with E-state index in [-0.39, 0.29) is 16.2 Å². The lowest BCUT2D eigenvalue weighted by molar-refractivity contribution is -0.114. The molecule has 1 fully saturated rings. The van der Waals surface area contributed by atoms with Crippen LogP contribution in [0.2, 0.25) is 0 Å². The number of sulfonamides is 1. The Morgan fingerprint density at radius 1 is 1.03 bits per heavy atom. The number of hydrogen-bond donors (Lipinski definition) is 1. The molecule has 3 aromatic rings. The van der Waals surface area contributed by atoms with Crippen LogP contribution >= 0.6 is 11.8 Å². The number of nitrogens with zero attached hydrogens (tertiary/aromatic N) is 1. The molecular formula is C24H24N2O4S2. The highest BCUT2D eigenvalue weighted by atomic mass is 32.2. The van der Waals surface area contributed by atoms with Crippen molar-refractivity contribution in [2.75, 3.05) is 17.6 Å². The average molecular weight is 469 g/mol. The second kappa shape index (κ2) is 9.77. The second-order valence-corrected chi connectivity index (χ2v) is 10.5. The van der Waals surface area contributed by atoms with Gasteiger partial charge in [-0.05, 0) is 47.5 Å². The predicted octanol–water partition coefficient (Wildman–Crippen LogP) is 4.66. The van der Waals surface area contributed by atoms with E-state index in [4.69, 9.17) is 4.74 Å². The molecule has 0 saturated carbocycles. The largest absolute Gasteiger partial charge is 0.489 e. The monoisotopic (exact) mass is 468 g/mol. The summed E-state index contributed by atoms with van der Waals surface area (Å²) in [5.41, 5.74) is 2.57. The first-order valence-corrected chi connectivity index (χ1v) is 12.7. The third-order valence-electron chi connectivity index (χ3n) is 5.04. The minimum atomic E-state index is -3.67. The molecule has 1 saturated heterocycles. The fraction of sp³-hybridized carbons (Fsp3) is 0.208. The Hall–Kier alpha value is -2.81. The number of ether oxygens (including phenoxy) is 1. The van der Waals surface area contributed by atoms with Gasteiger partial charge < -0.3 is 10.1 Å². The van der Waals surface area contributed by atoms with Gasteiger partial charge in [-0.15, -0.1) is 11.8 Å². The predicted molar refractivity (Wildman–Crippen MR) is 127 cm³/mol. The maximum Gasteiger partial charge on any atom is 0.244 e. The topological polar surface area (TPSA) is 75.7 Å². The summed E-state index contributed by atoms with van der Waals surface area (Å²) in [4.78, 5) is 11.4. The van der Waals surface area contributed by atoms with E-state index in [0.717, 1.165) is 22.6 Å². The van der Waals surface area contributed by atoms with Gasteiger partial charge in [0.25, 0.3) is 0 Å². The molecule has 1 aliphatic heterocycles. The Bertz CT molecular complexity index is 1160. The fourth-order valence-electron chi connectivity index (χ4n) is 3.48. The quantitative estimate of drug-likeness (QED) is 0.546. The molecule has 1 atom stereocenters. The average Bonchev–Trinajstić information content (AvgIpc) is 3.30. The standard InChI is InChI=1S/C24H24N2O4S2/c1-18(27)25-21-9-13-23(14-10-21)32(28,29)26-15-16-31-24(26)20-7-11-22(12-8-20)30-17-19-5-3-2-4-6-19/h2-14,24H,15-17H2,1H3,(H,25,27)/t24-/m0/s1. The van der Waals surface area contributed by atoms with Crippen LogP contribution in [0.15, 0.2) is 83.8 Å². The first-order chi connectivity index (χ1) is 15.4. The molecule has 1 heterocycles. The normalized spacial score (nSPS) is 16.6. The molecule has 4 rings (SSSR count). The smallest absolute Gasteiger partial charge is 0.244 e. The molecule has 1 N–H and O–H groups in total. The van der Waals surface area contributed by atoms with Gasteiger partial charge in [0.05, 0.1) is 10.3 Å². The molecule has 0 spiro atoms. The SMILES string of the molecule is CC(=O)Nc1ccc(S(=O)(=O)N2CCS[C@H]2c2ccc(OCc3ccccc3)cc2)cc1. The summed E-state index contributed by atoms with van der Waals surface area (Å²) >= 11 is 1.60. The molecule has 8 heteroatoms. The van der Waals surface area contributed by atoms with Crippen LogP contribution in [0, 0.1) is 0 Å². The van der Waals surface area contributed by atoms with Gasteiger partial charge in [-0.1, -0.05) is 42.5 Å². The highest BCUT2D eigenvalue weighted by Gasteiger charge is 2.36. The molecule has 1 aliphatic rings. The van der Waals surface area contributed by atoms with Gasteiger partial charge in [-0.3, -0.25) is 4.79 Å². The number of carbonyl (C=O) groups is 1. The number of anilines is 1. The molecule has 0 bridgehead atoms. The summed E-state index contributed by atoms with van der Waals surface area (Å²) in [6, 6.07) is 23.8. The Labute approximate surface area is 192 Å².